The van der Waals surface area contributed by atoms with E-state index in [2.05, 4.69) is 15.2 Å². The van der Waals surface area contributed by atoms with Gasteiger partial charge in [0, 0.05) is 0 Å². The molecule has 0 unspecified atom stereocenters. The summed E-state index contributed by atoms with van der Waals surface area (Å²) >= 11 is 0. The lowest BCUT2D eigenvalue weighted by Crippen LogP contribution is -2.10. The van der Waals surface area contributed by atoms with E-state index in [4.69, 9.17) is 10.5 Å². The molecule has 1 rings (SSSR count). The number of nitrogens with zero attached hydrogens (tertiary/aromatic N) is 3. The van der Waals surface area contributed by atoms with Gasteiger partial charge < -0.3 is 10.5 Å². The number of aromatic nitrogens is 3. The van der Waals surface area contributed by atoms with Gasteiger partial charge in [0.15, 0.2) is 0 Å². The van der Waals surface area contributed by atoms with E-state index >= 15 is 0 Å². The van der Waals surface area contributed by atoms with Crippen LogP contribution in [0.15, 0.2) is 0 Å². The van der Waals surface area contributed by atoms with Crippen LogP contribution < -0.4 is 10.5 Å². The predicted octanol–water partition coefficient (Wildman–Crippen LogP) is 0.724. The van der Waals surface area contributed by atoms with Crippen molar-refractivity contribution in [2.45, 2.75) is 33.1 Å². The third-order valence-electron chi connectivity index (χ3n) is 2.07. The Kier molecular flexibility index (Phi) is 4.97. The van der Waals surface area contributed by atoms with Crippen LogP contribution in [-0.4, -0.2) is 28.3 Å². The van der Waals surface area contributed by atoms with Crippen LogP contribution in [-0.2, 0) is 12.8 Å². The molecule has 0 aliphatic heterocycles. The summed E-state index contributed by atoms with van der Waals surface area (Å²) in [5.41, 5.74) is 7.27. The largest absolute Gasteiger partial charge is 0.462 e. The Bertz CT molecular complexity index is 303. The maximum Gasteiger partial charge on any atom is 0.335 e. The van der Waals surface area contributed by atoms with Crippen molar-refractivity contribution in [1.29, 1.82) is 0 Å². The molecule has 0 aliphatic rings. The van der Waals surface area contributed by atoms with Crippen LogP contribution in [0, 0.1) is 0 Å². The standard InChI is InChI=1S/C10H18N4O/c1-3-8-9(4-2)13-14-10(12-8)15-7-5-6-11/h3-7,11H2,1-2H3. The Morgan fingerprint density at radius 3 is 2.47 bits per heavy atom. The SMILES string of the molecule is CCc1nnc(OCCCN)nc1CC. The predicted molar refractivity (Wildman–Crippen MR) is 57.7 cm³/mol. The second-order valence-corrected chi connectivity index (χ2v) is 3.19. The average Bonchev–Trinajstić information content (AvgIpc) is 2.29. The molecule has 0 bridgehead atoms. The molecular weight excluding hydrogens is 192 g/mol. The molecular formula is C10H18N4O. The van der Waals surface area contributed by atoms with Gasteiger partial charge in [0.25, 0.3) is 0 Å². The van der Waals surface area contributed by atoms with Crippen molar-refractivity contribution >= 4 is 0 Å². The quantitative estimate of drug-likeness (QED) is 0.700. The first-order valence-electron chi connectivity index (χ1n) is 5.37. The zero-order valence-corrected chi connectivity index (χ0v) is 9.36. The van der Waals surface area contributed by atoms with Crippen LogP contribution in [0.5, 0.6) is 6.01 Å². The second-order valence-electron chi connectivity index (χ2n) is 3.19. The van der Waals surface area contributed by atoms with E-state index in [1.165, 1.54) is 0 Å². The summed E-state index contributed by atoms with van der Waals surface area (Å²) < 4.78 is 5.32. The van der Waals surface area contributed by atoms with Gasteiger partial charge in [0.05, 0.1) is 18.0 Å². The minimum atomic E-state index is 0.359. The normalized spacial score (nSPS) is 10.3. The molecule has 0 saturated carbocycles. The zero-order chi connectivity index (χ0) is 11.1. The lowest BCUT2D eigenvalue weighted by atomic mass is 10.2. The molecule has 1 aromatic rings. The fraction of sp³-hybridized carbons (Fsp3) is 0.700. The Hall–Kier alpha value is -1.23. The Morgan fingerprint density at radius 1 is 1.13 bits per heavy atom. The molecule has 84 valence electrons. The lowest BCUT2D eigenvalue weighted by Gasteiger charge is -2.06. The number of rotatable bonds is 6. The van der Waals surface area contributed by atoms with E-state index in [0.717, 1.165) is 30.7 Å². The molecule has 0 atom stereocenters. The second kappa shape index (κ2) is 6.29. The first-order valence-corrected chi connectivity index (χ1v) is 5.37. The Balaban J connectivity index is 2.66. The van der Waals surface area contributed by atoms with Gasteiger partial charge in [0.2, 0.25) is 0 Å². The highest BCUT2D eigenvalue weighted by Crippen LogP contribution is 2.08. The lowest BCUT2D eigenvalue weighted by molar-refractivity contribution is 0.283. The van der Waals surface area contributed by atoms with Crippen molar-refractivity contribution in [3.8, 4) is 6.01 Å². The van der Waals surface area contributed by atoms with Crippen LogP contribution >= 0.6 is 0 Å². The molecule has 0 aromatic carbocycles. The minimum absolute atomic E-state index is 0.359. The summed E-state index contributed by atoms with van der Waals surface area (Å²) in [4.78, 5) is 4.30. The smallest absolute Gasteiger partial charge is 0.335 e. The molecule has 0 spiro atoms. The van der Waals surface area contributed by atoms with Gasteiger partial charge in [-0.05, 0) is 25.8 Å². The average molecular weight is 210 g/mol. The molecule has 0 amide bonds. The molecule has 0 radical (unpaired) electrons. The van der Waals surface area contributed by atoms with Crippen LogP contribution in [0.25, 0.3) is 0 Å². The molecule has 0 saturated heterocycles. The van der Waals surface area contributed by atoms with Gasteiger partial charge in [-0.25, -0.2) is 0 Å². The summed E-state index contributed by atoms with van der Waals surface area (Å²) in [6.45, 7) is 5.25. The molecule has 2 N–H and O–H groups in total. The fourth-order valence-electron chi connectivity index (χ4n) is 1.23. The summed E-state index contributed by atoms with van der Waals surface area (Å²) in [6, 6.07) is 0.359. The van der Waals surface area contributed by atoms with Crippen molar-refractivity contribution in [2.75, 3.05) is 13.2 Å². The highest BCUT2D eigenvalue weighted by atomic mass is 16.5. The van der Waals surface area contributed by atoms with Crippen molar-refractivity contribution in [1.82, 2.24) is 15.2 Å². The van der Waals surface area contributed by atoms with E-state index in [9.17, 15) is 0 Å². The van der Waals surface area contributed by atoms with Crippen LogP contribution in [0.1, 0.15) is 31.7 Å². The number of aryl methyl sites for hydroxylation is 2. The van der Waals surface area contributed by atoms with Gasteiger partial charge >= 0.3 is 6.01 Å². The van der Waals surface area contributed by atoms with E-state index in [-0.39, 0.29) is 0 Å². The summed E-state index contributed by atoms with van der Waals surface area (Å²) in [6.07, 6.45) is 2.51. The number of hydrogen-bond acceptors (Lipinski definition) is 5. The van der Waals surface area contributed by atoms with Crippen molar-refractivity contribution in [3.63, 3.8) is 0 Å². The Labute approximate surface area is 90.1 Å². The topological polar surface area (TPSA) is 73.9 Å². The van der Waals surface area contributed by atoms with Crippen LogP contribution in [0.4, 0.5) is 0 Å². The monoisotopic (exact) mass is 210 g/mol. The summed E-state index contributed by atoms with van der Waals surface area (Å²) in [5, 5.41) is 7.98. The summed E-state index contributed by atoms with van der Waals surface area (Å²) in [5.74, 6) is 0. The minimum Gasteiger partial charge on any atom is -0.462 e. The number of ether oxygens (including phenoxy) is 1. The maximum absolute atomic E-state index is 5.36. The first kappa shape index (κ1) is 11.8. The highest BCUT2D eigenvalue weighted by Gasteiger charge is 2.06. The van der Waals surface area contributed by atoms with Gasteiger partial charge in [0.1, 0.15) is 0 Å². The van der Waals surface area contributed by atoms with E-state index in [1.54, 1.807) is 0 Å². The molecule has 15 heavy (non-hydrogen) atoms. The van der Waals surface area contributed by atoms with E-state index < -0.39 is 0 Å². The molecule has 5 heteroatoms. The maximum atomic E-state index is 5.36. The molecule has 0 aliphatic carbocycles. The first-order chi connectivity index (χ1) is 7.31. The summed E-state index contributed by atoms with van der Waals surface area (Å²) in [7, 11) is 0. The highest BCUT2D eigenvalue weighted by molar-refractivity contribution is 5.11. The van der Waals surface area contributed by atoms with Gasteiger partial charge in [-0.1, -0.05) is 18.9 Å². The fourth-order valence-corrected chi connectivity index (χ4v) is 1.23. The molecule has 1 aromatic heterocycles. The molecule has 1 heterocycles. The van der Waals surface area contributed by atoms with Gasteiger partial charge in [-0.15, -0.1) is 5.10 Å². The van der Waals surface area contributed by atoms with Gasteiger partial charge in [-0.3, -0.25) is 0 Å². The Morgan fingerprint density at radius 2 is 1.87 bits per heavy atom. The van der Waals surface area contributed by atoms with Crippen molar-refractivity contribution in [2.24, 2.45) is 5.73 Å². The number of hydrogen-bond donors (Lipinski definition) is 1. The van der Waals surface area contributed by atoms with E-state index in [0.29, 0.717) is 19.2 Å². The van der Waals surface area contributed by atoms with Crippen LogP contribution in [0.3, 0.4) is 0 Å². The van der Waals surface area contributed by atoms with Crippen molar-refractivity contribution in [3.05, 3.63) is 11.4 Å². The van der Waals surface area contributed by atoms with Gasteiger partial charge in [-0.2, -0.15) is 4.98 Å². The molecule has 0 fully saturated rings. The zero-order valence-electron chi connectivity index (χ0n) is 9.36. The third-order valence-corrected chi connectivity index (χ3v) is 2.07. The third kappa shape index (κ3) is 3.43. The number of nitrogens with two attached hydrogens (primary N) is 1. The van der Waals surface area contributed by atoms with Crippen LogP contribution in [0.2, 0.25) is 0 Å². The molecule has 5 nitrogen and oxygen atoms in total. The van der Waals surface area contributed by atoms with E-state index in [1.807, 2.05) is 13.8 Å². The van der Waals surface area contributed by atoms with Crippen molar-refractivity contribution < 1.29 is 4.74 Å².